The third-order valence-corrected chi connectivity index (χ3v) is 4.51. The maximum atomic E-state index is 12.5. The van der Waals surface area contributed by atoms with Crippen molar-refractivity contribution in [2.75, 3.05) is 13.2 Å². The first kappa shape index (κ1) is 15.6. The SMILES string of the molecule is O=C(c1csc(-c2cccc([N+](=O)[O-])c2)n1)N(CCO)C1CC1. The summed E-state index contributed by atoms with van der Waals surface area (Å²) in [7, 11) is 0. The Morgan fingerprint density at radius 3 is 2.91 bits per heavy atom. The molecular formula is C15H15N3O4S. The monoisotopic (exact) mass is 333 g/mol. The lowest BCUT2D eigenvalue weighted by atomic mass is 10.2. The molecule has 1 N–H and O–H groups in total. The van der Waals surface area contributed by atoms with Gasteiger partial charge in [0.2, 0.25) is 0 Å². The van der Waals surface area contributed by atoms with E-state index in [2.05, 4.69) is 4.98 Å². The first-order valence-corrected chi connectivity index (χ1v) is 8.10. The predicted molar refractivity (Wildman–Crippen MR) is 85.3 cm³/mol. The number of aliphatic hydroxyl groups excluding tert-OH is 1. The van der Waals surface area contributed by atoms with Gasteiger partial charge in [-0.1, -0.05) is 12.1 Å². The Morgan fingerprint density at radius 2 is 2.26 bits per heavy atom. The minimum atomic E-state index is -0.459. The van der Waals surface area contributed by atoms with Gasteiger partial charge in [-0.15, -0.1) is 11.3 Å². The molecule has 1 saturated carbocycles. The molecule has 7 nitrogen and oxygen atoms in total. The van der Waals surface area contributed by atoms with E-state index < -0.39 is 4.92 Å². The van der Waals surface area contributed by atoms with Crippen LogP contribution in [0.15, 0.2) is 29.6 Å². The quantitative estimate of drug-likeness (QED) is 0.646. The molecule has 120 valence electrons. The van der Waals surface area contributed by atoms with E-state index in [1.165, 1.54) is 23.5 Å². The Morgan fingerprint density at radius 1 is 1.48 bits per heavy atom. The lowest BCUT2D eigenvalue weighted by Crippen LogP contribution is -2.35. The van der Waals surface area contributed by atoms with E-state index in [-0.39, 0.29) is 24.2 Å². The lowest BCUT2D eigenvalue weighted by Gasteiger charge is -2.19. The number of aromatic nitrogens is 1. The van der Waals surface area contributed by atoms with Gasteiger partial charge in [-0.2, -0.15) is 0 Å². The van der Waals surface area contributed by atoms with Crippen LogP contribution in [0, 0.1) is 10.1 Å². The van der Waals surface area contributed by atoms with Crippen LogP contribution < -0.4 is 0 Å². The highest BCUT2D eigenvalue weighted by Crippen LogP contribution is 2.30. The summed E-state index contributed by atoms with van der Waals surface area (Å²) in [4.78, 5) is 28.8. The highest BCUT2D eigenvalue weighted by molar-refractivity contribution is 7.13. The number of amides is 1. The van der Waals surface area contributed by atoms with E-state index >= 15 is 0 Å². The van der Waals surface area contributed by atoms with E-state index in [0.29, 0.717) is 22.8 Å². The van der Waals surface area contributed by atoms with Crippen LogP contribution >= 0.6 is 11.3 Å². The topological polar surface area (TPSA) is 96.6 Å². The van der Waals surface area contributed by atoms with Crippen LogP contribution in [0.1, 0.15) is 23.3 Å². The van der Waals surface area contributed by atoms with Crippen molar-refractivity contribution in [3.63, 3.8) is 0 Å². The van der Waals surface area contributed by atoms with Crippen LogP contribution in [0.4, 0.5) is 5.69 Å². The summed E-state index contributed by atoms with van der Waals surface area (Å²) in [5.41, 5.74) is 0.922. The summed E-state index contributed by atoms with van der Waals surface area (Å²) < 4.78 is 0. The molecule has 1 heterocycles. The summed E-state index contributed by atoms with van der Waals surface area (Å²) in [6, 6.07) is 6.38. The van der Waals surface area contributed by atoms with E-state index in [1.807, 2.05) is 0 Å². The Balaban J connectivity index is 1.83. The molecule has 2 aromatic rings. The van der Waals surface area contributed by atoms with Crippen LogP contribution in [0.25, 0.3) is 10.6 Å². The fourth-order valence-electron chi connectivity index (χ4n) is 2.35. The molecule has 1 fully saturated rings. The van der Waals surface area contributed by atoms with Crippen molar-refractivity contribution < 1.29 is 14.8 Å². The van der Waals surface area contributed by atoms with Crippen molar-refractivity contribution in [3.05, 3.63) is 45.5 Å². The summed E-state index contributed by atoms with van der Waals surface area (Å²) in [6.45, 7) is 0.220. The zero-order valence-electron chi connectivity index (χ0n) is 12.2. The molecule has 1 aromatic carbocycles. The van der Waals surface area contributed by atoms with Gasteiger partial charge in [-0.3, -0.25) is 14.9 Å². The number of non-ortho nitro benzene ring substituents is 1. The second-order valence-corrected chi connectivity index (χ2v) is 6.16. The Labute approximate surface area is 136 Å². The summed E-state index contributed by atoms with van der Waals surface area (Å²) >= 11 is 1.28. The van der Waals surface area contributed by atoms with Crippen molar-refractivity contribution in [1.29, 1.82) is 0 Å². The minimum absolute atomic E-state index is 0.00883. The number of hydrogen-bond acceptors (Lipinski definition) is 6. The molecule has 1 aliphatic carbocycles. The van der Waals surface area contributed by atoms with Crippen LogP contribution in [-0.4, -0.2) is 45.0 Å². The van der Waals surface area contributed by atoms with E-state index in [4.69, 9.17) is 5.11 Å². The van der Waals surface area contributed by atoms with Gasteiger partial charge in [0.1, 0.15) is 10.7 Å². The first-order valence-electron chi connectivity index (χ1n) is 7.22. The molecular weight excluding hydrogens is 318 g/mol. The second-order valence-electron chi connectivity index (χ2n) is 5.30. The van der Waals surface area contributed by atoms with E-state index in [1.54, 1.807) is 22.4 Å². The highest BCUT2D eigenvalue weighted by Gasteiger charge is 2.33. The highest BCUT2D eigenvalue weighted by atomic mass is 32.1. The number of carbonyl (C=O) groups is 1. The number of nitro benzene ring substituents is 1. The molecule has 0 saturated heterocycles. The van der Waals surface area contributed by atoms with Crippen molar-refractivity contribution >= 4 is 22.9 Å². The van der Waals surface area contributed by atoms with Crippen molar-refractivity contribution in [1.82, 2.24) is 9.88 Å². The standard InChI is InChI=1S/C15H15N3O4S/c19-7-6-17(11-4-5-11)15(20)13-9-23-14(16-13)10-2-1-3-12(8-10)18(21)22/h1-3,8-9,11,19H,4-7H2. The fraction of sp³-hybridized carbons (Fsp3) is 0.333. The molecule has 0 atom stereocenters. The van der Waals surface area contributed by atoms with Crippen molar-refractivity contribution in [3.8, 4) is 10.6 Å². The lowest BCUT2D eigenvalue weighted by molar-refractivity contribution is -0.384. The Kier molecular flexibility index (Phi) is 4.35. The van der Waals surface area contributed by atoms with Crippen LogP contribution in [0.3, 0.4) is 0 Å². The van der Waals surface area contributed by atoms with Crippen molar-refractivity contribution in [2.45, 2.75) is 18.9 Å². The molecule has 23 heavy (non-hydrogen) atoms. The van der Waals surface area contributed by atoms with Gasteiger partial charge in [-0.25, -0.2) is 4.98 Å². The average molecular weight is 333 g/mol. The number of rotatable bonds is 6. The minimum Gasteiger partial charge on any atom is -0.395 e. The predicted octanol–water partition coefficient (Wildman–Crippen LogP) is 2.32. The number of benzene rings is 1. The van der Waals surface area contributed by atoms with Crippen LogP contribution in [0.2, 0.25) is 0 Å². The summed E-state index contributed by atoms with van der Waals surface area (Å²) in [5, 5.41) is 22.2. The molecule has 0 aliphatic heterocycles. The summed E-state index contributed by atoms with van der Waals surface area (Å²) in [5.74, 6) is -0.200. The number of nitro groups is 1. The van der Waals surface area contributed by atoms with Gasteiger partial charge in [-0.05, 0) is 12.8 Å². The molecule has 0 unspecified atom stereocenters. The molecule has 0 bridgehead atoms. The second kappa shape index (κ2) is 6.43. The number of aliphatic hydroxyl groups is 1. The largest absolute Gasteiger partial charge is 0.395 e. The molecule has 8 heteroatoms. The zero-order valence-corrected chi connectivity index (χ0v) is 13.0. The van der Waals surface area contributed by atoms with Gasteiger partial charge in [0.05, 0.1) is 11.5 Å². The van der Waals surface area contributed by atoms with Gasteiger partial charge in [0, 0.05) is 35.7 Å². The average Bonchev–Trinajstić information content (AvgIpc) is 3.27. The van der Waals surface area contributed by atoms with Crippen molar-refractivity contribution in [2.24, 2.45) is 0 Å². The fourth-order valence-corrected chi connectivity index (χ4v) is 3.14. The number of carbonyl (C=O) groups excluding carboxylic acids is 1. The van der Waals surface area contributed by atoms with Gasteiger partial charge >= 0.3 is 0 Å². The maximum absolute atomic E-state index is 12.5. The number of hydrogen-bond donors (Lipinski definition) is 1. The molecule has 0 radical (unpaired) electrons. The molecule has 3 rings (SSSR count). The van der Waals surface area contributed by atoms with Gasteiger partial charge < -0.3 is 10.0 Å². The van der Waals surface area contributed by atoms with Gasteiger partial charge in [0.25, 0.3) is 11.6 Å². The van der Waals surface area contributed by atoms with Gasteiger partial charge in [0.15, 0.2) is 0 Å². The Bertz CT molecular complexity index is 742. The third-order valence-electron chi connectivity index (χ3n) is 3.62. The van der Waals surface area contributed by atoms with E-state index in [9.17, 15) is 14.9 Å². The number of nitrogens with zero attached hydrogens (tertiary/aromatic N) is 3. The van der Waals surface area contributed by atoms with E-state index in [0.717, 1.165) is 12.8 Å². The maximum Gasteiger partial charge on any atom is 0.273 e. The normalized spacial score (nSPS) is 13.8. The Hall–Kier alpha value is -2.32. The molecule has 1 aromatic heterocycles. The molecule has 0 spiro atoms. The van der Waals surface area contributed by atoms with Crippen LogP contribution in [-0.2, 0) is 0 Å². The third kappa shape index (κ3) is 3.38. The van der Waals surface area contributed by atoms with Crippen LogP contribution in [0.5, 0.6) is 0 Å². The smallest absolute Gasteiger partial charge is 0.273 e. The first-order chi connectivity index (χ1) is 11.1. The zero-order chi connectivity index (χ0) is 16.4. The number of thiazole rings is 1. The molecule has 1 aliphatic rings. The summed E-state index contributed by atoms with van der Waals surface area (Å²) in [6.07, 6.45) is 1.90. The molecule has 1 amide bonds.